The summed E-state index contributed by atoms with van der Waals surface area (Å²) in [5.41, 5.74) is 5.87. The molecule has 1 aromatic carbocycles. The van der Waals surface area contributed by atoms with Crippen LogP contribution in [0.2, 0.25) is 0 Å². The molecule has 1 aliphatic heterocycles. The van der Waals surface area contributed by atoms with E-state index >= 15 is 0 Å². The van der Waals surface area contributed by atoms with Gasteiger partial charge in [0.2, 0.25) is 0 Å². The van der Waals surface area contributed by atoms with Gasteiger partial charge in [-0.25, -0.2) is 0 Å². The van der Waals surface area contributed by atoms with Crippen LogP contribution >= 0.6 is 11.8 Å². The van der Waals surface area contributed by atoms with Gasteiger partial charge in [0.15, 0.2) is 0 Å². The number of hydrogen-bond donors (Lipinski definition) is 1. The van der Waals surface area contributed by atoms with Gasteiger partial charge >= 0.3 is 0 Å². The van der Waals surface area contributed by atoms with Gasteiger partial charge in [-0.05, 0) is 86.3 Å². The lowest BCUT2D eigenvalue weighted by atomic mass is 9.82. The van der Waals surface area contributed by atoms with Crippen LogP contribution in [0.1, 0.15) is 80.2 Å². The van der Waals surface area contributed by atoms with E-state index in [0.29, 0.717) is 5.92 Å². The standard InChI is InChI=1S/C28H37N3OS/c1-21-26(19-29-30-21)31(20-28(16-7-17-33-28)25-10-4-2-3-5-11-25)27(32)15-13-22-12-14-23-8-6-9-24(23)18-22/h12-15,18-19,25H,2-11,16-17,20H2,1H3,(H,29,30)/b15-13+. The number of anilines is 1. The monoisotopic (exact) mass is 463 g/mol. The van der Waals surface area contributed by atoms with E-state index in [9.17, 15) is 4.79 Å². The van der Waals surface area contributed by atoms with Crippen LogP contribution in [0.15, 0.2) is 30.5 Å². The molecule has 1 amide bonds. The fourth-order valence-electron chi connectivity index (χ4n) is 6.23. The van der Waals surface area contributed by atoms with E-state index < -0.39 is 0 Å². The van der Waals surface area contributed by atoms with Crippen LogP contribution in [0.5, 0.6) is 0 Å². The summed E-state index contributed by atoms with van der Waals surface area (Å²) in [6.07, 6.45) is 19.8. The zero-order valence-electron chi connectivity index (χ0n) is 19.9. The third-order valence-electron chi connectivity index (χ3n) is 8.06. The van der Waals surface area contributed by atoms with Crippen LogP contribution in [0.3, 0.4) is 0 Å². The lowest BCUT2D eigenvalue weighted by Crippen LogP contribution is -2.46. The van der Waals surface area contributed by atoms with Crippen molar-refractivity contribution in [3.8, 4) is 0 Å². The summed E-state index contributed by atoms with van der Waals surface area (Å²) in [7, 11) is 0. The van der Waals surface area contributed by atoms with Gasteiger partial charge in [0.05, 0.1) is 11.4 Å². The number of aromatic nitrogens is 2. The van der Waals surface area contributed by atoms with Gasteiger partial charge in [-0.1, -0.05) is 43.9 Å². The van der Waals surface area contributed by atoms with Crippen molar-refractivity contribution in [3.05, 3.63) is 52.9 Å². The molecule has 1 aromatic heterocycles. The first kappa shape index (κ1) is 22.8. The summed E-state index contributed by atoms with van der Waals surface area (Å²) >= 11 is 2.13. The van der Waals surface area contributed by atoms with E-state index in [4.69, 9.17) is 0 Å². The molecule has 0 spiro atoms. The fourth-order valence-corrected chi connectivity index (χ4v) is 7.90. The molecule has 1 saturated carbocycles. The molecule has 1 saturated heterocycles. The molecule has 2 aromatic rings. The topological polar surface area (TPSA) is 49.0 Å². The van der Waals surface area contributed by atoms with Gasteiger partial charge in [0, 0.05) is 23.6 Å². The molecular formula is C28H37N3OS. The number of amides is 1. The number of nitrogens with zero attached hydrogens (tertiary/aromatic N) is 2. The second-order valence-corrected chi connectivity index (χ2v) is 11.7. The summed E-state index contributed by atoms with van der Waals surface area (Å²) in [5.74, 6) is 1.99. The van der Waals surface area contributed by atoms with Gasteiger partial charge < -0.3 is 4.90 Å². The first-order valence-electron chi connectivity index (χ1n) is 12.9. The minimum atomic E-state index is 0.0699. The highest BCUT2D eigenvalue weighted by molar-refractivity contribution is 8.01. The van der Waals surface area contributed by atoms with Crippen molar-refractivity contribution in [3.63, 3.8) is 0 Å². The molecule has 2 aliphatic carbocycles. The molecule has 3 aliphatic rings. The SMILES string of the molecule is Cc1n[nH]cc1N(CC1(C2CCCCCC2)CCCS1)C(=O)/C=C/c1ccc2c(c1)CCC2. The summed E-state index contributed by atoms with van der Waals surface area (Å²) in [6.45, 7) is 2.78. The van der Waals surface area contributed by atoms with Crippen molar-refractivity contribution < 1.29 is 4.79 Å². The Bertz CT molecular complexity index is 996. The van der Waals surface area contributed by atoms with Crippen LogP contribution in [-0.2, 0) is 17.6 Å². The Balaban J connectivity index is 1.41. The first-order valence-corrected chi connectivity index (χ1v) is 13.9. The molecule has 176 valence electrons. The highest BCUT2D eigenvalue weighted by Gasteiger charge is 2.44. The molecule has 2 fully saturated rings. The highest BCUT2D eigenvalue weighted by Crippen LogP contribution is 2.49. The Kier molecular flexibility index (Phi) is 6.96. The number of carbonyl (C=O) groups is 1. The average Bonchev–Trinajstić information content (AvgIpc) is 3.54. The number of rotatable bonds is 6. The Morgan fingerprint density at radius 2 is 1.97 bits per heavy atom. The quantitative estimate of drug-likeness (QED) is 0.393. The molecule has 0 radical (unpaired) electrons. The largest absolute Gasteiger partial charge is 0.304 e. The zero-order chi connectivity index (χ0) is 22.7. The fraction of sp³-hybridized carbons (Fsp3) is 0.571. The van der Waals surface area contributed by atoms with E-state index in [2.05, 4.69) is 40.2 Å². The minimum absolute atomic E-state index is 0.0699. The van der Waals surface area contributed by atoms with E-state index in [1.807, 2.05) is 24.1 Å². The van der Waals surface area contributed by atoms with Crippen molar-refractivity contribution in [2.75, 3.05) is 17.2 Å². The second-order valence-electron chi connectivity index (χ2n) is 10.2. The highest BCUT2D eigenvalue weighted by atomic mass is 32.2. The van der Waals surface area contributed by atoms with Gasteiger partial charge in [-0.2, -0.15) is 16.9 Å². The number of aromatic amines is 1. The maximum absolute atomic E-state index is 13.7. The first-order chi connectivity index (χ1) is 16.1. The average molecular weight is 464 g/mol. The molecule has 2 heterocycles. The van der Waals surface area contributed by atoms with Gasteiger partial charge in [-0.15, -0.1) is 0 Å². The number of hydrogen-bond acceptors (Lipinski definition) is 3. The van der Waals surface area contributed by atoms with E-state index in [0.717, 1.165) is 29.9 Å². The zero-order valence-corrected chi connectivity index (χ0v) is 20.8. The molecule has 1 N–H and O–H groups in total. The van der Waals surface area contributed by atoms with Crippen molar-refractivity contribution in [2.24, 2.45) is 5.92 Å². The molecule has 4 nitrogen and oxygen atoms in total. The molecule has 5 rings (SSSR count). The number of carbonyl (C=O) groups excluding carboxylic acids is 1. The normalized spacial score (nSPS) is 23.7. The van der Waals surface area contributed by atoms with Crippen LogP contribution in [0.25, 0.3) is 6.08 Å². The number of fused-ring (bicyclic) bond motifs is 1. The van der Waals surface area contributed by atoms with E-state index in [1.165, 1.54) is 81.1 Å². The van der Waals surface area contributed by atoms with E-state index in [-0.39, 0.29) is 10.7 Å². The van der Waals surface area contributed by atoms with Gasteiger partial charge in [-0.3, -0.25) is 9.89 Å². The molecule has 1 atom stereocenters. The summed E-state index contributed by atoms with van der Waals surface area (Å²) in [6, 6.07) is 6.65. The Hall–Kier alpha value is -2.01. The van der Waals surface area contributed by atoms with Crippen molar-refractivity contribution in [2.45, 2.75) is 82.3 Å². The minimum Gasteiger partial charge on any atom is -0.304 e. The lowest BCUT2D eigenvalue weighted by molar-refractivity contribution is -0.114. The van der Waals surface area contributed by atoms with Gasteiger partial charge in [0.1, 0.15) is 0 Å². The third kappa shape index (κ3) is 4.94. The molecular weight excluding hydrogens is 426 g/mol. The third-order valence-corrected chi connectivity index (χ3v) is 9.79. The molecule has 33 heavy (non-hydrogen) atoms. The summed E-state index contributed by atoms with van der Waals surface area (Å²) in [4.78, 5) is 15.7. The summed E-state index contributed by atoms with van der Waals surface area (Å²) < 4.78 is 0.172. The maximum atomic E-state index is 13.7. The summed E-state index contributed by atoms with van der Waals surface area (Å²) in [5, 5.41) is 7.34. The van der Waals surface area contributed by atoms with Crippen LogP contribution < -0.4 is 4.90 Å². The van der Waals surface area contributed by atoms with Crippen LogP contribution in [-0.4, -0.2) is 33.1 Å². The van der Waals surface area contributed by atoms with E-state index in [1.54, 1.807) is 6.08 Å². The lowest BCUT2D eigenvalue weighted by Gasteiger charge is -2.40. The van der Waals surface area contributed by atoms with Crippen LogP contribution in [0.4, 0.5) is 5.69 Å². The number of nitrogens with one attached hydrogen (secondary N) is 1. The van der Waals surface area contributed by atoms with Crippen molar-refractivity contribution in [1.82, 2.24) is 10.2 Å². The Labute approximate surface area is 202 Å². The number of benzene rings is 1. The number of H-pyrrole nitrogens is 1. The number of thioether (sulfide) groups is 1. The smallest absolute Gasteiger partial charge is 0.251 e. The maximum Gasteiger partial charge on any atom is 0.251 e. The predicted molar refractivity (Wildman–Crippen MR) is 139 cm³/mol. The molecule has 0 bridgehead atoms. The van der Waals surface area contributed by atoms with Crippen molar-refractivity contribution >= 4 is 29.4 Å². The predicted octanol–water partition coefficient (Wildman–Crippen LogP) is 6.49. The van der Waals surface area contributed by atoms with Gasteiger partial charge in [0.25, 0.3) is 5.91 Å². The van der Waals surface area contributed by atoms with Crippen LogP contribution in [0, 0.1) is 12.8 Å². The second kappa shape index (κ2) is 10.1. The Morgan fingerprint density at radius 1 is 1.15 bits per heavy atom. The number of aryl methyl sites for hydroxylation is 3. The Morgan fingerprint density at radius 3 is 2.70 bits per heavy atom. The molecule has 1 unspecified atom stereocenters. The molecule has 5 heteroatoms. The van der Waals surface area contributed by atoms with Crippen molar-refractivity contribution in [1.29, 1.82) is 0 Å².